The first kappa shape index (κ1) is 13.3. The number of rotatable bonds is 3. The lowest BCUT2D eigenvalue weighted by Crippen LogP contribution is -2.20. The monoisotopic (exact) mass is 248 g/mol. The Kier molecular flexibility index (Phi) is 4.23. The lowest BCUT2D eigenvalue weighted by molar-refractivity contribution is 0.0655. The molecule has 0 aliphatic heterocycles. The maximum absolute atomic E-state index is 5.99. The fourth-order valence-corrected chi connectivity index (χ4v) is 2.70. The predicted octanol–water partition coefficient (Wildman–Crippen LogP) is 3.46. The molecule has 1 fully saturated rings. The number of nitrogens with two attached hydrogens (primary N) is 1. The Morgan fingerprint density at radius 3 is 2.44 bits per heavy atom. The normalized spacial score (nSPS) is 24.4. The highest BCUT2D eigenvalue weighted by Gasteiger charge is 2.23. The van der Waals surface area contributed by atoms with E-state index in [0.717, 1.165) is 37.1 Å². The van der Waals surface area contributed by atoms with Crippen LogP contribution in [0.25, 0.3) is 0 Å². The van der Waals surface area contributed by atoms with E-state index < -0.39 is 0 Å². The Bertz CT molecular complexity index is 395. The van der Waals surface area contributed by atoms with Gasteiger partial charge in [-0.05, 0) is 43.7 Å². The van der Waals surface area contributed by atoms with E-state index >= 15 is 0 Å². The summed E-state index contributed by atoms with van der Waals surface area (Å²) in [6, 6.07) is 4.04. The lowest BCUT2D eigenvalue weighted by Gasteiger charge is -2.27. The number of nitrogens with zero attached hydrogens (tertiary/aromatic N) is 1. The molecule has 0 aromatic carbocycles. The van der Waals surface area contributed by atoms with Gasteiger partial charge in [0.05, 0.1) is 6.10 Å². The zero-order chi connectivity index (χ0) is 13.1. The molecular weight excluding hydrogens is 224 g/mol. The van der Waals surface area contributed by atoms with Gasteiger partial charge < -0.3 is 10.5 Å². The van der Waals surface area contributed by atoms with Crippen molar-refractivity contribution in [2.75, 3.05) is 12.8 Å². The van der Waals surface area contributed by atoms with Crippen LogP contribution in [0.2, 0.25) is 0 Å². The zero-order valence-corrected chi connectivity index (χ0v) is 11.6. The number of aromatic nitrogens is 1. The minimum atomic E-state index is 0.433. The summed E-state index contributed by atoms with van der Waals surface area (Å²) in [6.45, 7) is 4.32. The van der Waals surface area contributed by atoms with Crippen LogP contribution in [0.15, 0.2) is 12.1 Å². The number of hydrogen-bond donors (Lipinski definition) is 1. The van der Waals surface area contributed by atoms with E-state index in [9.17, 15) is 0 Å². The second kappa shape index (κ2) is 5.70. The maximum atomic E-state index is 5.99. The van der Waals surface area contributed by atoms with Gasteiger partial charge in [-0.3, -0.25) is 4.98 Å². The van der Waals surface area contributed by atoms with E-state index in [1.807, 2.05) is 12.1 Å². The highest BCUT2D eigenvalue weighted by molar-refractivity contribution is 5.42. The predicted molar refractivity (Wildman–Crippen MR) is 74.7 cm³/mol. The van der Waals surface area contributed by atoms with Gasteiger partial charge in [0.2, 0.25) is 0 Å². The topological polar surface area (TPSA) is 48.1 Å². The van der Waals surface area contributed by atoms with E-state index in [1.54, 1.807) is 7.11 Å². The number of anilines is 1. The van der Waals surface area contributed by atoms with Crippen molar-refractivity contribution in [1.29, 1.82) is 0 Å². The molecule has 1 aliphatic rings. The van der Waals surface area contributed by atoms with Gasteiger partial charge >= 0.3 is 0 Å². The molecular formula is C15H24N2O. The summed E-state index contributed by atoms with van der Waals surface area (Å²) in [5.41, 5.74) is 9.12. The van der Waals surface area contributed by atoms with Gasteiger partial charge in [0.15, 0.2) is 0 Å². The average Bonchev–Trinajstić information content (AvgIpc) is 2.38. The quantitative estimate of drug-likeness (QED) is 0.891. The second-order valence-electron chi connectivity index (χ2n) is 5.61. The summed E-state index contributed by atoms with van der Waals surface area (Å²) in [5.74, 6) is 0.986. The molecule has 1 saturated carbocycles. The summed E-state index contributed by atoms with van der Waals surface area (Å²) in [4.78, 5) is 4.79. The maximum Gasteiger partial charge on any atom is 0.0571 e. The minimum absolute atomic E-state index is 0.433. The van der Waals surface area contributed by atoms with Crippen LogP contribution in [-0.2, 0) is 4.74 Å². The van der Waals surface area contributed by atoms with Crippen LogP contribution in [0.1, 0.15) is 62.8 Å². The molecule has 2 N–H and O–H groups in total. The van der Waals surface area contributed by atoms with Crippen molar-refractivity contribution in [2.24, 2.45) is 0 Å². The third-order valence-electron chi connectivity index (χ3n) is 3.90. The van der Waals surface area contributed by atoms with E-state index in [0.29, 0.717) is 17.9 Å². The van der Waals surface area contributed by atoms with Crippen molar-refractivity contribution < 1.29 is 4.74 Å². The first-order chi connectivity index (χ1) is 8.60. The zero-order valence-electron chi connectivity index (χ0n) is 11.6. The summed E-state index contributed by atoms with van der Waals surface area (Å²) in [7, 11) is 1.81. The molecule has 100 valence electrons. The summed E-state index contributed by atoms with van der Waals surface area (Å²) >= 11 is 0. The van der Waals surface area contributed by atoms with Crippen molar-refractivity contribution in [2.45, 2.75) is 57.5 Å². The van der Waals surface area contributed by atoms with E-state index in [2.05, 4.69) is 13.8 Å². The number of nitrogen functional groups attached to an aromatic ring is 1. The Labute approximate surface area is 110 Å². The summed E-state index contributed by atoms with van der Waals surface area (Å²) in [6.07, 6.45) is 5.02. The third-order valence-corrected chi connectivity index (χ3v) is 3.90. The van der Waals surface area contributed by atoms with Gasteiger partial charge in [0, 0.05) is 30.1 Å². The van der Waals surface area contributed by atoms with Crippen molar-refractivity contribution in [3.8, 4) is 0 Å². The van der Waals surface area contributed by atoms with Gasteiger partial charge in [-0.2, -0.15) is 0 Å². The van der Waals surface area contributed by atoms with Crippen LogP contribution in [0, 0.1) is 0 Å². The molecule has 1 heterocycles. The molecule has 18 heavy (non-hydrogen) atoms. The Morgan fingerprint density at radius 2 is 1.89 bits per heavy atom. The SMILES string of the molecule is COC1CCC(c2cc(N)cc(C(C)C)n2)CC1. The van der Waals surface area contributed by atoms with Crippen molar-refractivity contribution in [3.05, 3.63) is 23.5 Å². The molecule has 0 saturated heterocycles. The molecule has 0 bridgehead atoms. The molecule has 0 radical (unpaired) electrons. The molecule has 1 aromatic rings. The first-order valence-corrected chi connectivity index (χ1v) is 6.90. The number of ether oxygens (including phenoxy) is 1. The Morgan fingerprint density at radius 1 is 1.22 bits per heavy atom. The van der Waals surface area contributed by atoms with Crippen molar-refractivity contribution in [3.63, 3.8) is 0 Å². The van der Waals surface area contributed by atoms with Crippen molar-refractivity contribution >= 4 is 5.69 Å². The average molecular weight is 248 g/mol. The van der Waals surface area contributed by atoms with Crippen LogP contribution >= 0.6 is 0 Å². The largest absolute Gasteiger partial charge is 0.399 e. The smallest absolute Gasteiger partial charge is 0.0571 e. The van der Waals surface area contributed by atoms with Gasteiger partial charge in [-0.1, -0.05) is 13.8 Å². The lowest BCUT2D eigenvalue weighted by atomic mass is 9.84. The molecule has 0 amide bonds. The standard InChI is InChI=1S/C15H24N2O/c1-10(2)14-8-12(16)9-15(17-14)11-4-6-13(18-3)7-5-11/h8-11,13H,4-7H2,1-3H3,(H2,16,17). The van der Waals surface area contributed by atoms with Gasteiger partial charge in [-0.25, -0.2) is 0 Å². The van der Waals surface area contributed by atoms with Crippen LogP contribution in [0.5, 0.6) is 0 Å². The molecule has 2 rings (SSSR count). The fraction of sp³-hybridized carbons (Fsp3) is 0.667. The van der Waals surface area contributed by atoms with E-state index in [-0.39, 0.29) is 0 Å². The minimum Gasteiger partial charge on any atom is -0.399 e. The highest BCUT2D eigenvalue weighted by atomic mass is 16.5. The van der Waals surface area contributed by atoms with Crippen LogP contribution < -0.4 is 5.73 Å². The Hall–Kier alpha value is -1.09. The van der Waals surface area contributed by atoms with Gasteiger partial charge in [0.1, 0.15) is 0 Å². The first-order valence-electron chi connectivity index (χ1n) is 6.90. The van der Waals surface area contributed by atoms with Crippen LogP contribution in [-0.4, -0.2) is 18.2 Å². The van der Waals surface area contributed by atoms with E-state index in [4.69, 9.17) is 15.5 Å². The van der Waals surface area contributed by atoms with Crippen LogP contribution in [0.3, 0.4) is 0 Å². The molecule has 0 spiro atoms. The molecule has 0 unspecified atom stereocenters. The van der Waals surface area contributed by atoms with Gasteiger partial charge in [-0.15, -0.1) is 0 Å². The summed E-state index contributed by atoms with van der Waals surface area (Å²) < 4.78 is 5.42. The number of hydrogen-bond acceptors (Lipinski definition) is 3. The van der Waals surface area contributed by atoms with Crippen LogP contribution in [0.4, 0.5) is 5.69 Å². The summed E-state index contributed by atoms with van der Waals surface area (Å²) in [5, 5.41) is 0. The molecule has 3 heteroatoms. The fourth-order valence-electron chi connectivity index (χ4n) is 2.70. The molecule has 1 aromatic heterocycles. The molecule has 3 nitrogen and oxygen atoms in total. The van der Waals surface area contributed by atoms with Gasteiger partial charge in [0.25, 0.3) is 0 Å². The highest BCUT2D eigenvalue weighted by Crippen LogP contribution is 2.34. The number of pyridine rings is 1. The molecule has 1 aliphatic carbocycles. The molecule has 0 atom stereocenters. The third kappa shape index (κ3) is 3.02. The number of methoxy groups -OCH3 is 1. The Balaban J connectivity index is 2.13. The second-order valence-corrected chi connectivity index (χ2v) is 5.61. The van der Waals surface area contributed by atoms with E-state index in [1.165, 1.54) is 5.69 Å². The van der Waals surface area contributed by atoms with Crippen molar-refractivity contribution in [1.82, 2.24) is 4.98 Å².